The van der Waals surface area contributed by atoms with Gasteiger partial charge in [-0.2, -0.15) is 0 Å². The van der Waals surface area contributed by atoms with Crippen LogP contribution in [0.1, 0.15) is 6.92 Å². The highest BCUT2D eigenvalue weighted by Gasteiger charge is 2.27. The summed E-state index contributed by atoms with van der Waals surface area (Å²) < 4.78 is 1.88. The fourth-order valence-electron chi connectivity index (χ4n) is 0.944. The van der Waals surface area contributed by atoms with Crippen molar-refractivity contribution in [3.8, 4) is 0 Å². The van der Waals surface area contributed by atoms with Crippen LogP contribution in [0.2, 0.25) is 0 Å². The molecule has 0 aromatic rings. The Morgan fingerprint density at radius 2 is 2.60 bits per heavy atom. The van der Waals surface area contributed by atoms with Crippen molar-refractivity contribution in [2.24, 2.45) is 0 Å². The van der Waals surface area contributed by atoms with Crippen LogP contribution >= 0.6 is 11.8 Å². The topological polar surface area (TPSA) is 40.3 Å². The zero-order valence-corrected chi connectivity index (χ0v) is 6.65. The van der Waals surface area contributed by atoms with E-state index in [0.29, 0.717) is 5.04 Å². The first-order valence-electron chi connectivity index (χ1n) is 3.23. The summed E-state index contributed by atoms with van der Waals surface area (Å²) in [4.78, 5) is 10.5. The van der Waals surface area contributed by atoms with Crippen LogP contribution in [-0.4, -0.2) is 39.5 Å². The van der Waals surface area contributed by atoms with Crippen LogP contribution in [-0.2, 0) is 4.79 Å². The fourth-order valence-corrected chi connectivity index (χ4v) is 1.98. The number of rotatable bonds is 2. The minimum absolute atomic E-state index is 0.502. The SMILES string of the molecule is CC[N+]1=C(C(=O)O)SCC1. The molecule has 0 bridgehead atoms. The van der Waals surface area contributed by atoms with Crippen molar-refractivity contribution in [2.75, 3.05) is 18.8 Å². The standard InChI is InChI=1S/C6H9NO2S/c1-2-7-3-4-10-5(7)6(8)9/h2-4H2,1H3/p+1. The van der Waals surface area contributed by atoms with Gasteiger partial charge in [0.25, 0.3) is 0 Å². The maximum atomic E-state index is 10.5. The number of aliphatic carboxylic acids is 1. The molecule has 1 aliphatic rings. The summed E-state index contributed by atoms with van der Waals surface area (Å²) in [6.07, 6.45) is 0. The quantitative estimate of drug-likeness (QED) is 0.589. The molecule has 0 fully saturated rings. The van der Waals surface area contributed by atoms with Crippen molar-refractivity contribution < 1.29 is 14.5 Å². The Hall–Kier alpha value is -0.510. The van der Waals surface area contributed by atoms with Crippen LogP contribution in [0.25, 0.3) is 0 Å². The average Bonchev–Trinajstić information content (AvgIpc) is 2.33. The lowest BCUT2D eigenvalue weighted by molar-refractivity contribution is -0.513. The van der Waals surface area contributed by atoms with E-state index in [9.17, 15) is 4.79 Å². The van der Waals surface area contributed by atoms with Gasteiger partial charge in [0.15, 0.2) is 6.54 Å². The van der Waals surface area contributed by atoms with Crippen LogP contribution in [0.5, 0.6) is 0 Å². The van der Waals surface area contributed by atoms with Gasteiger partial charge in [0.1, 0.15) is 6.54 Å². The lowest BCUT2D eigenvalue weighted by Gasteiger charge is -1.91. The number of thioether (sulfide) groups is 1. The van der Waals surface area contributed by atoms with Crippen molar-refractivity contribution in [1.29, 1.82) is 0 Å². The van der Waals surface area contributed by atoms with E-state index in [1.165, 1.54) is 11.8 Å². The predicted octanol–water partition coefficient (Wildman–Crippen LogP) is 0.249. The van der Waals surface area contributed by atoms with Crippen LogP contribution in [0.4, 0.5) is 0 Å². The Balaban J connectivity index is 2.78. The summed E-state index contributed by atoms with van der Waals surface area (Å²) in [5.41, 5.74) is 0. The van der Waals surface area contributed by atoms with E-state index in [2.05, 4.69) is 0 Å². The van der Waals surface area contributed by atoms with Crippen molar-refractivity contribution in [3.05, 3.63) is 0 Å². The largest absolute Gasteiger partial charge is 0.473 e. The monoisotopic (exact) mass is 160 g/mol. The normalized spacial score (nSPS) is 18.1. The molecule has 0 aromatic carbocycles. The lowest BCUT2D eigenvalue weighted by Crippen LogP contribution is -2.20. The Morgan fingerprint density at radius 3 is 3.00 bits per heavy atom. The highest BCUT2D eigenvalue weighted by atomic mass is 32.2. The third-order valence-electron chi connectivity index (χ3n) is 1.45. The van der Waals surface area contributed by atoms with Crippen molar-refractivity contribution >= 4 is 22.8 Å². The Labute approximate surface area is 63.7 Å². The Bertz CT molecular complexity index is 188. The third-order valence-corrected chi connectivity index (χ3v) is 2.54. The first kappa shape index (κ1) is 7.60. The van der Waals surface area contributed by atoms with Crippen LogP contribution < -0.4 is 0 Å². The Morgan fingerprint density at radius 1 is 1.90 bits per heavy atom. The lowest BCUT2D eigenvalue weighted by atomic mass is 10.6. The van der Waals surface area contributed by atoms with Gasteiger partial charge in [-0.15, -0.1) is 0 Å². The fraction of sp³-hybridized carbons (Fsp3) is 0.667. The van der Waals surface area contributed by atoms with E-state index in [4.69, 9.17) is 5.11 Å². The number of hydrogen-bond acceptors (Lipinski definition) is 2. The van der Waals surface area contributed by atoms with Crippen LogP contribution in [0.15, 0.2) is 0 Å². The molecule has 0 saturated heterocycles. The summed E-state index contributed by atoms with van der Waals surface area (Å²) in [6, 6.07) is 0. The van der Waals surface area contributed by atoms with Gasteiger partial charge in [-0.1, -0.05) is 0 Å². The zero-order chi connectivity index (χ0) is 7.56. The van der Waals surface area contributed by atoms with Gasteiger partial charge in [-0.25, -0.2) is 9.37 Å². The minimum atomic E-state index is -0.788. The first-order valence-corrected chi connectivity index (χ1v) is 4.22. The molecule has 1 heterocycles. The summed E-state index contributed by atoms with van der Waals surface area (Å²) in [5, 5.41) is 9.12. The second-order valence-electron chi connectivity index (χ2n) is 2.04. The molecule has 3 nitrogen and oxygen atoms in total. The minimum Gasteiger partial charge on any atom is -0.473 e. The molecule has 4 heteroatoms. The summed E-state index contributed by atoms with van der Waals surface area (Å²) >= 11 is 1.43. The van der Waals surface area contributed by atoms with E-state index in [1.54, 1.807) is 0 Å². The maximum absolute atomic E-state index is 10.5. The summed E-state index contributed by atoms with van der Waals surface area (Å²) in [7, 11) is 0. The first-order chi connectivity index (χ1) is 4.75. The zero-order valence-electron chi connectivity index (χ0n) is 5.83. The van der Waals surface area contributed by atoms with Gasteiger partial charge in [-0.3, -0.25) is 0 Å². The highest BCUT2D eigenvalue weighted by molar-refractivity contribution is 8.15. The molecule has 0 radical (unpaired) electrons. The molecule has 1 N–H and O–H groups in total. The van der Waals surface area contributed by atoms with Gasteiger partial charge < -0.3 is 5.11 Å². The van der Waals surface area contributed by atoms with Gasteiger partial charge in [0.05, 0.1) is 5.75 Å². The number of hydrogen-bond donors (Lipinski definition) is 1. The average molecular weight is 160 g/mol. The van der Waals surface area contributed by atoms with Crippen molar-refractivity contribution in [2.45, 2.75) is 6.92 Å². The van der Waals surface area contributed by atoms with Gasteiger partial charge in [0, 0.05) is 0 Å². The molecule has 56 valence electrons. The maximum Gasteiger partial charge on any atom is 0.408 e. The van der Waals surface area contributed by atoms with Gasteiger partial charge in [-0.05, 0) is 18.7 Å². The van der Waals surface area contributed by atoms with Gasteiger partial charge in [0.2, 0.25) is 0 Å². The molecule has 1 aliphatic heterocycles. The molecule has 0 saturated carbocycles. The smallest absolute Gasteiger partial charge is 0.408 e. The number of carboxylic acid groups (broad SMARTS) is 1. The van der Waals surface area contributed by atoms with Crippen molar-refractivity contribution in [1.82, 2.24) is 0 Å². The van der Waals surface area contributed by atoms with Crippen molar-refractivity contribution in [3.63, 3.8) is 0 Å². The molecule has 10 heavy (non-hydrogen) atoms. The molecular weight excluding hydrogens is 150 g/mol. The number of carbonyl (C=O) groups is 1. The molecule has 0 spiro atoms. The molecule has 0 atom stereocenters. The predicted molar refractivity (Wildman–Crippen MR) is 40.8 cm³/mol. The summed E-state index contributed by atoms with van der Waals surface area (Å²) in [6.45, 7) is 3.65. The Kier molecular flexibility index (Phi) is 2.32. The van der Waals surface area contributed by atoms with E-state index in [1.807, 2.05) is 11.5 Å². The van der Waals surface area contributed by atoms with Crippen LogP contribution in [0.3, 0.4) is 0 Å². The summed E-state index contributed by atoms with van der Waals surface area (Å²) in [5.74, 6) is 0.125. The molecule has 0 amide bonds. The molecule has 1 rings (SSSR count). The molecule has 0 unspecified atom stereocenters. The van der Waals surface area contributed by atoms with E-state index in [-0.39, 0.29) is 0 Å². The number of nitrogens with zero attached hydrogens (tertiary/aromatic N) is 1. The van der Waals surface area contributed by atoms with E-state index in [0.717, 1.165) is 18.8 Å². The van der Waals surface area contributed by atoms with Crippen LogP contribution in [0, 0.1) is 0 Å². The second kappa shape index (κ2) is 3.05. The second-order valence-corrected chi connectivity index (χ2v) is 3.12. The molecular formula is C6H10NO2S+. The molecule has 0 aromatic heterocycles. The highest BCUT2D eigenvalue weighted by Crippen LogP contribution is 2.11. The molecule has 0 aliphatic carbocycles. The number of carboxylic acids is 1. The third kappa shape index (κ3) is 1.31. The van der Waals surface area contributed by atoms with E-state index >= 15 is 0 Å². The van der Waals surface area contributed by atoms with Gasteiger partial charge >= 0.3 is 11.0 Å². The van der Waals surface area contributed by atoms with E-state index < -0.39 is 5.97 Å².